The van der Waals surface area contributed by atoms with E-state index in [1.54, 1.807) is 12.3 Å². The van der Waals surface area contributed by atoms with Gasteiger partial charge in [-0.25, -0.2) is 4.79 Å². The standard InChI is InChI=1S/C23H21NO3/c1-15-10-11-19-18(13-21(25)27-23(19)16(15)2)14-24-22(20-9-6-12-26-20)17-7-4-3-5-8-17/h3-13,22,24H,14H2,1-2H3/p+1/t22-/m0/s1. The van der Waals surface area contributed by atoms with Crippen LogP contribution in [0.5, 0.6) is 0 Å². The van der Waals surface area contributed by atoms with Gasteiger partial charge in [-0.1, -0.05) is 42.5 Å². The van der Waals surface area contributed by atoms with Gasteiger partial charge in [-0.2, -0.15) is 0 Å². The predicted octanol–water partition coefficient (Wildman–Crippen LogP) is 3.86. The summed E-state index contributed by atoms with van der Waals surface area (Å²) >= 11 is 0. The molecule has 4 rings (SSSR count). The Bertz CT molecular complexity index is 1110. The minimum Gasteiger partial charge on any atom is -0.463 e. The molecule has 27 heavy (non-hydrogen) atoms. The van der Waals surface area contributed by atoms with E-state index in [1.807, 2.05) is 50.2 Å². The summed E-state index contributed by atoms with van der Waals surface area (Å²) in [6.45, 7) is 4.66. The Morgan fingerprint density at radius 2 is 1.81 bits per heavy atom. The van der Waals surface area contributed by atoms with Crippen LogP contribution in [0.4, 0.5) is 0 Å². The fourth-order valence-corrected chi connectivity index (χ4v) is 3.48. The van der Waals surface area contributed by atoms with Crippen LogP contribution < -0.4 is 10.9 Å². The van der Waals surface area contributed by atoms with E-state index in [0.29, 0.717) is 12.1 Å². The van der Waals surface area contributed by atoms with E-state index in [9.17, 15) is 4.79 Å². The first-order valence-corrected chi connectivity index (χ1v) is 9.08. The van der Waals surface area contributed by atoms with Crippen LogP contribution in [0, 0.1) is 13.8 Å². The first-order chi connectivity index (χ1) is 13.1. The number of hydrogen-bond acceptors (Lipinski definition) is 3. The van der Waals surface area contributed by atoms with Crippen molar-refractivity contribution in [1.82, 2.24) is 0 Å². The van der Waals surface area contributed by atoms with Crippen molar-refractivity contribution >= 4 is 11.0 Å². The Labute approximate surface area is 157 Å². The first-order valence-electron chi connectivity index (χ1n) is 9.08. The Hall–Kier alpha value is -3.11. The maximum atomic E-state index is 12.1. The second kappa shape index (κ2) is 7.25. The van der Waals surface area contributed by atoms with Gasteiger partial charge in [0.2, 0.25) is 0 Å². The molecule has 0 saturated carbocycles. The Balaban J connectivity index is 1.71. The summed E-state index contributed by atoms with van der Waals surface area (Å²) in [6, 6.07) is 19.9. The van der Waals surface area contributed by atoms with E-state index in [-0.39, 0.29) is 11.7 Å². The lowest BCUT2D eigenvalue weighted by molar-refractivity contribution is -0.704. The van der Waals surface area contributed by atoms with Gasteiger partial charge in [0.05, 0.1) is 6.26 Å². The van der Waals surface area contributed by atoms with E-state index < -0.39 is 0 Å². The van der Waals surface area contributed by atoms with Gasteiger partial charge >= 0.3 is 5.63 Å². The van der Waals surface area contributed by atoms with Crippen LogP contribution in [0.25, 0.3) is 11.0 Å². The molecule has 1 atom stereocenters. The Kier molecular flexibility index (Phi) is 4.65. The van der Waals surface area contributed by atoms with Crippen molar-refractivity contribution in [2.45, 2.75) is 26.4 Å². The lowest BCUT2D eigenvalue weighted by atomic mass is 10.0. The zero-order valence-corrected chi connectivity index (χ0v) is 15.4. The van der Waals surface area contributed by atoms with Gasteiger partial charge in [0, 0.05) is 22.6 Å². The molecule has 0 aliphatic rings. The second-order valence-electron chi connectivity index (χ2n) is 6.82. The maximum Gasteiger partial charge on any atom is 0.336 e. The summed E-state index contributed by atoms with van der Waals surface area (Å²) in [6.07, 6.45) is 1.69. The van der Waals surface area contributed by atoms with Crippen molar-refractivity contribution < 1.29 is 14.2 Å². The van der Waals surface area contributed by atoms with E-state index in [4.69, 9.17) is 8.83 Å². The number of rotatable bonds is 5. The summed E-state index contributed by atoms with van der Waals surface area (Å²) in [5, 5.41) is 3.18. The molecule has 136 valence electrons. The molecule has 2 N–H and O–H groups in total. The number of furan rings is 1. The smallest absolute Gasteiger partial charge is 0.336 e. The SMILES string of the molecule is Cc1ccc2c(C[NH2+][C@@H](c3ccccc3)c3ccco3)cc(=O)oc2c1C. The summed E-state index contributed by atoms with van der Waals surface area (Å²) in [5.41, 5.74) is 4.62. The highest BCUT2D eigenvalue weighted by Crippen LogP contribution is 2.23. The summed E-state index contributed by atoms with van der Waals surface area (Å²) in [4.78, 5) is 12.1. The molecule has 0 aliphatic heterocycles. The van der Waals surface area contributed by atoms with Crippen LogP contribution >= 0.6 is 0 Å². The molecule has 0 fully saturated rings. The number of aryl methyl sites for hydroxylation is 2. The molecule has 4 heteroatoms. The van der Waals surface area contributed by atoms with Gasteiger partial charge in [0.1, 0.15) is 12.1 Å². The minimum atomic E-state index is -0.311. The molecule has 0 spiro atoms. The summed E-state index contributed by atoms with van der Waals surface area (Å²) in [7, 11) is 0. The monoisotopic (exact) mass is 360 g/mol. The van der Waals surface area contributed by atoms with Gasteiger partial charge < -0.3 is 14.2 Å². The largest absolute Gasteiger partial charge is 0.463 e. The molecule has 2 heterocycles. The molecular formula is C23H22NO3+. The van der Waals surface area contributed by atoms with Crippen molar-refractivity contribution in [3.05, 3.63) is 105 Å². The first kappa shape index (κ1) is 17.3. The normalized spacial score (nSPS) is 12.4. The highest BCUT2D eigenvalue weighted by Gasteiger charge is 2.21. The number of fused-ring (bicyclic) bond motifs is 1. The molecular weight excluding hydrogens is 338 g/mol. The van der Waals surface area contributed by atoms with Gasteiger partial charge in [0.25, 0.3) is 0 Å². The molecule has 0 unspecified atom stereocenters. The van der Waals surface area contributed by atoms with Crippen LogP contribution in [0.15, 0.2) is 80.6 Å². The molecule has 0 saturated heterocycles. The maximum absolute atomic E-state index is 12.1. The van der Waals surface area contributed by atoms with E-state index >= 15 is 0 Å². The van der Waals surface area contributed by atoms with E-state index in [1.165, 1.54) is 0 Å². The number of hydrogen-bond donors (Lipinski definition) is 1. The fraction of sp³-hybridized carbons (Fsp3) is 0.174. The Morgan fingerprint density at radius 1 is 1.00 bits per heavy atom. The van der Waals surface area contributed by atoms with Crippen molar-refractivity contribution in [1.29, 1.82) is 0 Å². The van der Waals surface area contributed by atoms with Gasteiger partial charge in [-0.15, -0.1) is 0 Å². The van der Waals surface area contributed by atoms with Gasteiger partial charge in [-0.05, 0) is 37.1 Å². The molecule has 0 aliphatic carbocycles. The van der Waals surface area contributed by atoms with Gasteiger partial charge in [0.15, 0.2) is 11.8 Å². The van der Waals surface area contributed by atoms with Crippen molar-refractivity contribution in [3.63, 3.8) is 0 Å². The highest BCUT2D eigenvalue weighted by molar-refractivity contribution is 5.83. The molecule has 0 bridgehead atoms. The average Bonchev–Trinajstić information content (AvgIpc) is 3.20. The number of benzene rings is 2. The third-order valence-corrected chi connectivity index (χ3v) is 5.10. The van der Waals surface area contributed by atoms with Crippen molar-refractivity contribution in [2.75, 3.05) is 0 Å². The van der Waals surface area contributed by atoms with E-state index in [2.05, 4.69) is 23.5 Å². The topological polar surface area (TPSA) is 60.0 Å². The molecule has 2 aromatic heterocycles. The number of nitrogens with two attached hydrogens (primary N) is 1. The molecule has 4 nitrogen and oxygen atoms in total. The average molecular weight is 360 g/mol. The fourth-order valence-electron chi connectivity index (χ4n) is 3.48. The van der Waals surface area contributed by atoms with Gasteiger partial charge in [-0.3, -0.25) is 0 Å². The predicted molar refractivity (Wildman–Crippen MR) is 105 cm³/mol. The van der Waals surface area contributed by atoms with Crippen LogP contribution in [0.3, 0.4) is 0 Å². The molecule has 0 radical (unpaired) electrons. The van der Waals surface area contributed by atoms with Crippen molar-refractivity contribution in [3.8, 4) is 0 Å². The number of quaternary nitrogens is 1. The quantitative estimate of drug-likeness (QED) is 0.550. The second-order valence-corrected chi connectivity index (χ2v) is 6.82. The van der Waals surface area contributed by atoms with Crippen molar-refractivity contribution in [2.24, 2.45) is 0 Å². The summed E-state index contributed by atoms with van der Waals surface area (Å²) in [5.74, 6) is 0.889. The third-order valence-electron chi connectivity index (χ3n) is 5.10. The minimum absolute atomic E-state index is 0.0232. The third kappa shape index (κ3) is 3.44. The van der Waals surface area contributed by atoms with Crippen LogP contribution in [-0.2, 0) is 6.54 Å². The highest BCUT2D eigenvalue weighted by atomic mass is 16.4. The Morgan fingerprint density at radius 3 is 2.56 bits per heavy atom. The zero-order chi connectivity index (χ0) is 18.8. The summed E-state index contributed by atoms with van der Waals surface area (Å²) < 4.78 is 11.2. The van der Waals surface area contributed by atoms with Crippen LogP contribution in [0.1, 0.15) is 34.1 Å². The lowest BCUT2D eigenvalue weighted by Gasteiger charge is -2.15. The van der Waals surface area contributed by atoms with Crippen LogP contribution in [-0.4, -0.2) is 0 Å². The molecule has 4 aromatic rings. The molecule has 2 aromatic carbocycles. The van der Waals surface area contributed by atoms with Crippen LogP contribution in [0.2, 0.25) is 0 Å². The van der Waals surface area contributed by atoms with E-state index in [0.717, 1.165) is 33.4 Å². The molecule has 0 amide bonds. The zero-order valence-electron chi connectivity index (χ0n) is 15.4. The lowest BCUT2D eigenvalue weighted by Crippen LogP contribution is -2.83.